The van der Waals surface area contributed by atoms with Crippen LogP contribution in [0.25, 0.3) is 21.8 Å². The summed E-state index contributed by atoms with van der Waals surface area (Å²) in [4.78, 5) is -3.74. The Morgan fingerprint density at radius 1 is 0.700 bits per heavy atom. The van der Waals surface area contributed by atoms with Crippen LogP contribution in [0.1, 0.15) is 20.3 Å². The molecule has 1 atom stereocenters. The molecule has 2 N–H and O–H groups in total. The van der Waals surface area contributed by atoms with E-state index in [1.54, 1.807) is 10.8 Å². The molecule has 0 saturated heterocycles. The molecule has 0 aliphatic heterocycles. The van der Waals surface area contributed by atoms with Crippen molar-refractivity contribution in [2.75, 3.05) is 14.1 Å². The number of aromatic nitrogens is 2. The molecule has 2 aromatic heterocycles. The highest BCUT2D eigenvalue weighted by Gasteiger charge is 2.66. The van der Waals surface area contributed by atoms with Gasteiger partial charge in [0, 0.05) is 47.3 Å². The van der Waals surface area contributed by atoms with Gasteiger partial charge in [-0.3, -0.25) is 0 Å². The maximum absolute atomic E-state index is 12.6. The Bertz CT molecular complexity index is 1480. The lowest BCUT2D eigenvalue weighted by molar-refractivity contribution is 0.175. The molecule has 0 bridgehead atoms. The second kappa shape index (κ2) is 9.77. The van der Waals surface area contributed by atoms with E-state index in [0.29, 0.717) is 41.8 Å². The Morgan fingerprint density at radius 3 is 1.43 bits per heavy atom. The van der Waals surface area contributed by atoms with E-state index in [-0.39, 0.29) is 17.3 Å². The third-order valence-electron chi connectivity index (χ3n) is 5.30. The van der Waals surface area contributed by atoms with E-state index in [1.165, 1.54) is 29.8 Å². The molecular weight excluding hydrogens is 600 g/mol. The summed E-state index contributed by atoms with van der Waals surface area (Å²) in [6, 6.07) is 6.60. The number of fused-ring (bicyclic) bond motifs is 2. The number of nitrogens with one attached hydrogen (secondary N) is 1. The lowest BCUT2D eigenvalue weighted by Gasteiger charge is -2.40. The number of halogens is 10. The fourth-order valence-corrected chi connectivity index (χ4v) is 5.07. The second-order valence-corrected chi connectivity index (χ2v) is 14.0. The SMILES string of the molecule is CC(O)Cn1ccc2cc(S(F)(F)(F)(F)F)ccc21.CCCn1ccc2cc(S(F)(F)(F)(F)F)ccc21.CNC. The number of aliphatic hydroxyl groups excluding tert-OH is 1. The Morgan fingerprint density at radius 2 is 1.07 bits per heavy atom. The number of benzene rings is 2. The average Bonchev–Trinajstić information content (AvgIpc) is 3.35. The zero-order chi connectivity index (χ0) is 30.9. The van der Waals surface area contributed by atoms with Crippen LogP contribution in [0.15, 0.2) is 70.7 Å². The van der Waals surface area contributed by atoms with Crippen LogP contribution in [0.2, 0.25) is 0 Å². The first kappa shape index (κ1) is 33.6. The lowest BCUT2D eigenvalue weighted by atomic mass is 10.2. The number of aliphatic hydroxyl groups is 1. The van der Waals surface area contributed by atoms with Crippen molar-refractivity contribution < 1.29 is 44.0 Å². The predicted molar refractivity (Wildman–Crippen MR) is 144 cm³/mol. The molecule has 0 aliphatic carbocycles. The monoisotopic (exact) mass is 631 g/mol. The minimum atomic E-state index is -9.64. The topological polar surface area (TPSA) is 42.1 Å². The van der Waals surface area contributed by atoms with Gasteiger partial charge >= 0.3 is 20.4 Å². The second-order valence-electron chi connectivity index (χ2n) is 9.21. The highest BCUT2D eigenvalue weighted by Crippen LogP contribution is 3.02. The molecule has 0 radical (unpaired) electrons. The van der Waals surface area contributed by atoms with Crippen molar-refractivity contribution in [3.05, 3.63) is 60.9 Å². The summed E-state index contributed by atoms with van der Waals surface area (Å²) < 4.78 is 130. The first-order valence-electron chi connectivity index (χ1n) is 11.7. The van der Waals surface area contributed by atoms with Crippen LogP contribution in [0.5, 0.6) is 0 Å². The molecule has 0 saturated carbocycles. The summed E-state index contributed by atoms with van der Waals surface area (Å²) in [6.07, 6.45) is 3.18. The van der Waals surface area contributed by atoms with Crippen molar-refractivity contribution >= 4 is 42.3 Å². The Hall–Kier alpha value is -2.56. The molecule has 4 rings (SSSR count). The fraction of sp³-hybridized carbons (Fsp3) is 0.333. The molecule has 4 aromatic rings. The third-order valence-corrected chi connectivity index (χ3v) is 7.59. The van der Waals surface area contributed by atoms with E-state index in [1.807, 2.05) is 21.0 Å². The van der Waals surface area contributed by atoms with Gasteiger partial charge in [-0.2, -0.15) is 0 Å². The zero-order valence-corrected chi connectivity index (χ0v) is 23.5. The van der Waals surface area contributed by atoms with Crippen molar-refractivity contribution in [1.82, 2.24) is 14.5 Å². The van der Waals surface area contributed by atoms with Gasteiger partial charge in [0.05, 0.1) is 6.10 Å². The first-order valence-corrected chi connectivity index (χ1v) is 15.6. The minimum Gasteiger partial charge on any atom is -0.392 e. The molecule has 0 amide bonds. The molecule has 0 spiro atoms. The molecule has 1 unspecified atom stereocenters. The standard InChI is InChI=1S/C11H12F5NOS.C11H12F5NS.C2H7N/c1-8(18)7-17-5-4-9-6-10(2-3-11(9)17)19(12,13,14,15)16;1-2-6-17-7-5-9-8-10(3-4-11(9)17)18(12,13,14,15)16;1-3-2/h2-6,8,18H,7H2,1H3;3-5,7-8H,2,6H2,1H3;3H,1-2H3. The highest BCUT2D eigenvalue weighted by atomic mass is 32.5. The number of nitrogens with zero attached hydrogens (tertiary/aromatic N) is 2. The van der Waals surface area contributed by atoms with Crippen molar-refractivity contribution in [3.8, 4) is 0 Å². The van der Waals surface area contributed by atoms with Crippen molar-refractivity contribution in [2.24, 2.45) is 0 Å². The smallest absolute Gasteiger partial charge is 0.310 e. The maximum atomic E-state index is 12.6. The molecule has 16 heteroatoms. The van der Waals surface area contributed by atoms with E-state index in [9.17, 15) is 44.0 Å². The number of hydrogen-bond donors (Lipinski definition) is 2. The molecule has 4 nitrogen and oxygen atoms in total. The van der Waals surface area contributed by atoms with Crippen LogP contribution in [0, 0.1) is 0 Å². The Labute approximate surface area is 225 Å². The summed E-state index contributed by atoms with van der Waals surface area (Å²) in [7, 11) is -15.5. The fourth-order valence-electron chi connectivity index (χ4n) is 3.72. The summed E-state index contributed by atoms with van der Waals surface area (Å²) >= 11 is 0. The largest absolute Gasteiger partial charge is 0.392 e. The molecular formula is C24H31F10N3OS2. The van der Waals surface area contributed by atoms with Gasteiger partial charge in [-0.15, -0.1) is 0 Å². The van der Waals surface area contributed by atoms with Gasteiger partial charge in [0.15, 0.2) is 0 Å². The van der Waals surface area contributed by atoms with E-state index >= 15 is 0 Å². The van der Waals surface area contributed by atoms with E-state index in [4.69, 9.17) is 0 Å². The van der Waals surface area contributed by atoms with Crippen molar-refractivity contribution in [2.45, 2.75) is 49.3 Å². The molecule has 2 heterocycles. The quantitative estimate of drug-likeness (QED) is 0.208. The van der Waals surface area contributed by atoms with E-state index in [0.717, 1.165) is 18.6 Å². The van der Waals surface area contributed by atoms with Gasteiger partial charge in [0.25, 0.3) is 0 Å². The summed E-state index contributed by atoms with van der Waals surface area (Å²) in [5.74, 6) is 0. The summed E-state index contributed by atoms with van der Waals surface area (Å²) in [5.41, 5.74) is 0.897. The van der Waals surface area contributed by atoms with E-state index < -0.39 is 36.3 Å². The van der Waals surface area contributed by atoms with Crippen LogP contribution in [-0.4, -0.2) is 34.4 Å². The first-order chi connectivity index (χ1) is 17.8. The van der Waals surface area contributed by atoms with Crippen molar-refractivity contribution in [3.63, 3.8) is 0 Å². The van der Waals surface area contributed by atoms with Crippen LogP contribution in [-0.2, 0) is 13.1 Å². The number of rotatable bonds is 6. The van der Waals surface area contributed by atoms with Crippen LogP contribution in [0.4, 0.5) is 38.9 Å². The van der Waals surface area contributed by atoms with Gasteiger partial charge < -0.3 is 19.6 Å². The molecule has 2 aromatic carbocycles. The van der Waals surface area contributed by atoms with Gasteiger partial charge in [-0.05, 0) is 76.0 Å². The molecule has 0 fully saturated rings. The maximum Gasteiger partial charge on any atom is 0.310 e. The van der Waals surface area contributed by atoms with Gasteiger partial charge in [-0.25, -0.2) is 0 Å². The summed E-state index contributed by atoms with van der Waals surface area (Å²) in [5, 5.41) is 12.2. The van der Waals surface area contributed by atoms with Gasteiger partial charge in [0.2, 0.25) is 0 Å². The minimum absolute atomic E-state index is 0.0615. The average molecular weight is 632 g/mol. The molecule has 40 heavy (non-hydrogen) atoms. The van der Waals surface area contributed by atoms with Gasteiger partial charge in [-0.1, -0.05) is 45.8 Å². The zero-order valence-electron chi connectivity index (χ0n) is 21.9. The third kappa shape index (κ3) is 8.97. The highest BCUT2D eigenvalue weighted by molar-refractivity contribution is 8.46. The molecule has 230 valence electrons. The molecule has 0 aliphatic rings. The Balaban J connectivity index is 0.000000256. The van der Waals surface area contributed by atoms with Crippen LogP contribution >= 0.6 is 20.4 Å². The lowest BCUT2D eigenvalue weighted by Crippen LogP contribution is -2.10. The van der Waals surface area contributed by atoms with Crippen LogP contribution < -0.4 is 5.32 Å². The number of aryl methyl sites for hydroxylation is 1. The number of hydrogen-bond acceptors (Lipinski definition) is 2. The Kier molecular flexibility index (Phi) is 8.22. The normalized spacial score (nSPS) is 16.5. The predicted octanol–water partition coefficient (Wildman–Crippen LogP) is 10.2. The van der Waals surface area contributed by atoms with Gasteiger partial charge in [0.1, 0.15) is 9.79 Å². The summed E-state index contributed by atoms with van der Waals surface area (Å²) in [6.45, 7) is 4.27. The van der Waals surface area contributed by atoms with E-state index in [2.05, 4.69) is 5.32 Å². The van der Waals surface area contributed by atoms with Crippen LogP contribution in [0.3, 0.4) is 0 Å². The van der Waals surface area contributed by atoms with Crippen molar-refractivity contribution in [1.29, 1.82) is 0 Å².